The van der Waals surface area contributed by atoms with E-state index in [1.807, 2.05) is 6.07 Å². The van der Waals surface area contributed by atoms with Crippen molar-refractivity contribution in [1.82, 2.24) is 4.90 Å². The Morgan fingerprint density at radius 2 is 1.83 bits per heavy atom. The summed E-state index contributed by atoms with van der Waals surface area (Å²) in [7, 11) is 0. The lowest BCUT2D eigenvalue weighted by Crippen LogP contribution is -2.30. The van der Waals surface area contributed by atoms with E-state index in [-0.39, 0.29) is 12.4 Å². The number of hydrogen-bond acceptors (Lipinski definition) is 2. The van der Waals surface area contributed by atoms with E-state index in [0.29, 0.717) is 0 Å². The third-order valence-corrected chi connectivity index (χ3v) is 3.07. The van der Waals surface area contributed by atoms with E-state index in [9.17, 15) is 4.79 Å². The quantitative estimate of drug-likeness (QED) is 0.856. The van der Waals surface area contributed by atoms with Crippen molar-refractivity contribution in [3.8, 4) is 0 Å². The molecule has 1 heterocycles. The minimum Gasteiger partial charge on any atom is -0.478 e. The molecule has 3 nitrogen and oxygen atoms in total. The molecule has 1 saturated heterocycles. The van der Waals surface area contributed by atoms with E-state index >= 15 is 0 Å². The van der Waals surface area contributed by atoms with Crippen molar-refractivity contribution in [3.05, 3.63) is 47.5 Å². The molecule has 1 fully saturated rings. The maximum atomic E-state index is 10.6. The average molecular weight is 268 g/mol. The zero-order valence-electron chi connectivity index (χ0n) is 10.2. The van der Waals surface area contributed by atoms with Crippen LogP contribution < -0.4 is 0 Å². The number of halogens is 1. The number of likely N-dealkylation sites (tertiary alicyclic amines) is 1. The highest BCUT2D eigenvalue weighted by Crippen LogP contribution is 2.17. The molecule has 1 aliphatic rings. The van der Waals surface area contributed by atoms with E-state index in [4.69, 9.17) is 5.11 Å². The van der Waals surface area contributed by atoms with Crippen molar-refractivity contribution in [2.75, 3.05) is 13.1 Å². The van der Waals surface area contributed by atoms with Gasteiger partial charge in [0, 0.05) is 25.7 Å². The molecule has 1 aromatic carbocycles. The van der Waals surface area contributed by atoms with Gasteiger partial charge in [-0.15, -0.1) is 12.4 Å². The van der Waals surface area contributed by atoms with E-state index in [1.54, 1.807) is 0 Å². The molecular weight excluding hydrogens is 250 g/mol. The van der Waals surface area contributed by atoms with Gasteiger partial charge in [0.15, 0.2) is 0 Å². The fourth-order valence-electron chi connectivity index (χ4n) is 2.16. The lowest BCUT2D eigenvalue weighted by atomic mass is 10.0. The summed E-state index contributed by atoms with van der Waals surface area (Å²) >= 11 is 0. The molecule has 0 amide bonds. The van der Waals surface area contributed by atoms with Crippen molar-refractivity contribution < 1.29 is 9.90 Å². The topological polar surface area (TPSA) is 40.5 Å². The van der Waals surface area contributed by atoms with Gasteiger partial charge >= 0.3 is 5.97 Å². The predicted molar refractivity (Wildman–Crippen MR) is 73.9 cm³/mol. The van der Waals surface area contributed by atoms with Crippen molar-refractivity contribution in [3.63, 3.8) is 0 Å². The number of benzene rings is 1. The number of rotatable bonds is 3. The monoisotopic (exact) mass is 267 g/mol. The van der Waals surface area contributed by atoms with Crippen molar-refractivity contribution >= 4 is 18.4 Å². The molecule has 0 aliphatic carbocycles. The number of carboxylic acid groups (broad SMARTS) is 1. The smallest absolute Gasteiger partial charge is 0.328 e. The van der Waals surface area contributed by atoms with Crippen LogP contribution in [-0.2, 0) is 11.3 Å². The molecule has 0 unspecified atom stereocenters. The Kier molecular flexibility index (Phi) is 5.89. The second-order valence-electron chi connectivity index (χ2n) is 4.40. The molecule has 4 heteroatoms. The Morgan fingerprint density at radius 1 is 1.22 bits per heavy atom. The van der Waals surface area contributed by atoms with Gasteiger partial charge in [-0.25, -0.2) is 4.79 Å². The Hall–Kier alpha value is -1.32. The highest BCUT2D eigenvalue weighted by atomic mass is 35.5. The fraction of sp³-hybridized carbons (Fsp3) is 0.357. The van der Waals surface area contributed by atoms with Gasteiger partial charge in [-0.1, -0.05) is 35.9 Å². The Morgan fingerprint density at radius 3 is 2.39 bits per heavy atom. The lowest BCUT2D eigenvalue weighted by Gasteiger charge is -2.28. The van der Waals surface area contributed by atoms with Gasteiger partial charge in [0.2, 0.25) is 0 Å². The highest BCUT2D eigenvalue weighted by molar-refractivity contribution is 5.85. The summed E-state index contributed by atoms with van der Waals surface area (Å²) in [4.78, 5) is 12.9. The van der Waals surface area contributed by atoms with Crippen LogP contribution in [0, 0.1) is 0 Å². The van der Waals surface area contributed by atoms with Crippen LogP contribution in [0.15, 0.2) is 42.0 Å². The summed E-state index contributed by atoms with van der Waals surface area (Å²) < 4.78 is 0. The predicted octanol–water partition coefficient (Wildman–Crippen LogP) is 2.72. The maximum absolute atomic E-state index is 10.6. The molecule has 1 aromatic rings. The van der Waals surface area contributed by atoms with Crippen LogP contribution in [0.4, 0.5) is 0 Å². The van der Waals surface area contributed by atoms with Crippen LogP contribution in [-0.4, -0.2) is 29.1 Å². The van der Waals surface area contributed by atoms with Crippen LogP contribution in [0.25, 0.3) is 0 Å². The first-order chi connectivity index (χ1) is 8.24. The molecule has 18 heavy (non-hydrogen) atoms. The highest BCUT2D eigenvalue weighted by Gasteiger charge is 2.14. The lowest BCUT2D eigenvalue weighted by molar-refractivity contribution is -0.131. The summed E-state index contributed by atoms with van der Waals surface area (Å²) in [5.41, 5.74) is 2.37. The number of carboxylic acids is 1. The summed E-state index contributed by atoms with van der Waals surface area (Å²) in [5, 5.41) is 8.68. The molecule has 0 spiro atoms. The first-order valence-electron chi connectivity index (χ1n) is 5.93. The minimum atomic E-state index is -0.823. The van der Waals surface area contributed by atoms with Gasteiger partial charge in [0.1, 0.15) is 0 Å². The largest absolute Gasteiger partial charge is 0.478 e. The first-order valence-corrected chi connectivity index (χ1v) is 5.93. The molecule has 1 N–H and O–H groups in total. The molecule has 0 bridgehead atoms. The van der Waals surface area contributed by atoms with Gasteiger partial charge in [-0.3, -0.25) is 4.90 Å². The Balaban J connectivity index is 0.00000162. The molecular formula is C14H18ClNO2. The van der Waals surface area contributed by atoms with Crippen molar-refractivity contribution in [2.24, 2.45) is 0 Å². The number of carbonyl (C=O) groups is 1. The van der Waals surface area contributed by atoms with Crippen LogP contribution in [0.3, 0.4) is 0 Å². The van der Waals surface area contributed by atoms with E-state index in [2.05, 4.69) is 29.2 Å². The van der Waals surface area contributed by atoms with E-state index in [0.717, 1.165) is 38.0 Å². The van der Waals surface area contributed by atoms with Gasteiger partial charge in [-0.2, -0.15) is 0 Å². The van der Waals surface area contributed by atoms with Crippen molar-refractivity contribution in [1.29, 1.82) is 0 Å². The summed E-state index contributed by atoms with van der Waals surface area (Å²) in [5.74, 6) is -0.823. The van der Waals surface area contributed by atoms with Gasteiger partial charge in [-0.05, 0) is 18.4 Å². The number of aliphatic carboxylic acids is 1. The molecule has 0 atom stereocenters. The number of nitrogens with zero attached hydrogens (tertiary/aromatic N) is 1. The average Bonchev–Trinajstić information content (AvgIpc) is 2.32. The van der Waals surface area contributed by atoms with Crippen LogP contribution in [0.5, 0.6) is 0 Å². The van der Waals surface area contributed by atoms with Crippen LogP contribution >= 0.6 is 12.4 Å². The van der Waals surface area contributed by atoms with Crippen LogP contribution in [0.1, 0.15) is 18.4 Å². The minimum absolute atomic E-state index is 0. The van der Waals surface area contributed by atoms with Crippen LogP contribution in [0.2, 0.25) is 0 Å². The van der Waals surface area contributed by atoms with E-state index in [1.165, 1.54) is 11.6 Å². The summed E-state index contributed by atoms with van der Waals surface area (Å²) in [6.45, 7) is 2.86. The summed E-state index contributed by atoms with van der Waals surface area (Å²) in [6, 6.07) is 10.4. The van der Waals surface area contributed by atoms with Crippen molar-refractivity contribution in [2.45, 2.75) is 19.4 Å². The third-order valence-electron chi connectivity index (χ3n) is 3.07. The van der Waals surface area contributed by atoms with E-state index < -0.39 is 5.97 Å². The maximum Gasteiger partial charge on any atom is 0.328 e. The van der Waals surface area contributed by atoms with Gasteiger partial charge in [0.25, 0.3) is 0 Å². The normalized spacial score (nSPS) is 15.9. The zero-order valence-corrected chi connectivity index (χ0v) is 11.0. The zero-order chi connectivity index (χ0) is 12.1. The third kappa shape index (κ3) is 4.51. The molecule has 0 radical (unpaired) electrons. The van der Waals surface area contributed by atoms with Gasteiger partial charge in [0.05, 0.1) is 0 Å². The standard InChI is InChI=1S/C14H17NO2.ClH/c16-14(17)10-12-6-8-15(9-7-12)11-13-4-2-1-3-5-13;/h1-5,10H,6-9,11H2,(H,16,17);1H. The molecule has 2 rings (SSSR count). The Bertz CT molecular complexity index is 407. The van der Waals surface area contributed by atoms with Gasteiger partial charge < -0.3 is 5.11 Å². The first kappa shape index (κ1) is 14.7. The molecule has 98 valence electrons. The summed E-state index contributed by atoms with van der Waals surface area (Å²) in [6.07, 6.45) is 3.11. The number of hydrogen-bond donors (Lipinski definition) is 1. The second-order valence-corrected chi connectivity index (χ2v) is 4.40. The SMILES string of the molecule is Cl.O=C(O)C=C1CCN(Cc2ccccc2)CC1. The fourth-order valence-corrected chi connectivity index (χ4v) is 2.16. The molecule has 0 saturated carbocycles. The Labute approximate surface area is 114 Å². The molecule has 1 aliphatic heterocycles. The number of piperidine rings is 1. The molecule has 0 aromatic heterocycles. The second kappa shape index (κ2) is 7.19.